The maximum Gasteiger partial charge on any atom is 0.340 e. The quantitative estimate of drug-likeness (QED) is 0.757. The molecule has 1 heterocycles. The van der Waals surface area contributed by atoms with Gasteiger partial charge in [-0.15, -0.1) is 0 Å². The molecule has 6 heteroatoms. The van der Waals surface area contributed by atoms with Gasteiger partial charge in [0.15, 0.2) is 0 Å². The molecule has 0 fully saturated rings. The molecule has 0 saturated heterocycles. The maximum absolute atomic E-state index is 10.5. The van der Waals surface area contributed by atoms with E-state index in [1.807, 2.05) is 0 Å². The fourth-order valence-corrected chi connectivity index (χ4v) is 1.13. The first kappa shape index (κ1) is 10.0. The van der Waals surface area contributed by atoms with Gasteiger partial charge in [-0.1, -0.05) is 11.6 Å². The second kappa shape index (κ2) is 3.76. The van der Waals surface area contributed by atoms with Crippen LogP contribution in [0.15, 0.2) is 6.20 Å². The van der Waals surface area contributed by atoms with E-state index in [0.29, 0.717) is 0 Å². The summed E-state index contributed by atoms with van der Waals surface area (Å²) in [5.74, 6) is -1.12. The normalized spacial score (nSPS) is 12.8. The topological polar surface area (TPSA) is 75.3 Å². The highest BCUT2D eigenvalue weighted by Gasteiger charge is 2.15. The van der Waals surface area contributed by atoms with Gasteiger partial charge in [0.1, 0.15) is 10.7 Å². The van der Waals surface area contributed by atoms with Gasteiger partial charge >= 0.3 is 5.97 Å². The number of aliphatic hydroxyl groups excluding tert-OH is 1. The highest BCUT2D eigenvalue weighted by atomic mass is 35.5. The molecule has 0 aliphatic carbocycles. The summed E-state index contributed by atoms with van der Waals surface area (Å²) in [6.07, 6.45) is 0.548. The van der Waals surface area contributed by atoms with Crippen LogP contribution >= 0.6 is 11.6 Å². The molecular formula is C7H9ClN2O3. The highest BCUT2D eigenvalue weighted by molar-refractivity contribution is 6.32. The van der Waals surface area contributed by atoms with Crippen LogP contribution in [-0.4, -0.2) is 32.1 Å². The van der Waals surface area contributed by atoms with E-state index in [4.69, 9.17) is 21.8 Å². The summed E-state index contributed by atoms with van der Waals surface area (Å²) >= 11 is 5.67. The van der Waals surface area contributed by atoms with Crippen molar-refractivity contribution < 1.29 is 15.0 Å². The van der Waals surface area contributed by atoms with Crippen LogP contribution in [0.25, 0.3) is 0 Å². The molecule has 1 atom stereocenters. The van der Waals surface area contributed by atoms with Gasteiger partial charge in [-0.05, 0) is 6.92 Å². The van der Waals surface area contributed by atoms with Gasteiger partial charge in [0, 0.05) is 0 Å². The van der Waals surface area contributed by atoms with Crippen LogP contribution in [-0.2, 0) is 6.54 Å². The number of aromatic nitrogens is 2. The van der Waals surface area contributed by atoms with Crippen molar-refractivity contribution in [1.82, 2.24) is 9.78 Å². The van der Waals surface area contributed by atoms with Gasteiger partial charge in [-0.3, -0.25) is 4.68 Å². The van der Waals surface area contributed by atoms with E-state index in [9.17, 15) is 4.79 Å². The SMILES string of the molecule is CC(O)Cn1ncc(C(=O)O)c1Cl. The van der Waals surface area contributed by atoms with Crippen molar-refractivity contribution in [3.05, 3.63) is 16.9 Å². The van der Waals surface area contributed by atoms with E-state index in [0.717, 1.165) is 6.20 Å². The van der Waals surface area contributed by atoms with Crippen molar-refractivity contribution in [2.45, 2.75) is 19.6 Å². The van der Waals surface area contributed by atoms with Gasteiger partial charge < -0.3 is 10.2 Å². The number of carboxylic acids is 1. The second-order valence-electron chi connectivity index (χ2n) is 2.69. The number of carbonyl (C=O) groups is 1. The number of hydrogen-bond acceptors (Lipinski definition) is 3. The van der Waals surface area contributed by atoms with Crippen LogP contribution in [0, 0.1) is 0 Å². The lowest BCUT2D eigenvalue weighted by Gasteiger charge is -2.04. The smallest absolute Gasteiger partial charge is 0.340 e. The molecule has 5 nitrogen and oxygen atoms in total. The minimum atomic E-state index is -1.12. The van der Waals surface area contributed by atoms with Gasteiger partial charge in [-0.2, -0.15) is 5.10 Å². The molecule has 13 heavy (non-hydrogen) atoms. The molecule has 72 valence electrons. The summed E-state index contributed by atoms with van der Waals surface area (Å²) in [6, 6.07) is 0. The first-order valence-corrected chi connectivity index (χ1v) is 4.03. The first-order chi connectivity index (χ1) is 6.02. The molecule has 0 aliphatic heterocycles. The third-order valence-electron chi connectivity index (χ3n) is 1.44. The van der Waals surface area contributed by atoms with Crippen molar-refractivity contribution in [2.24, 2.45) is 0 Å². The highest BCUT2D eigenvalue weighted by Crippen LogP contribution is 2.15. The predicted octanol–water partition coefficient (Wildman–Crippen LogP) is 0.615. The van der Waals surface area contributed by atoms with Gasteiger partial charge in [-0.25, -0.2) is 4.79 Å². The minimum Gasteiger partial charge on any atom is -0.478 e. The number of aromatic carboxylic acids is 1. The Morgan fingerprint density at radius 1 is 1.85 bits per heavy atom. The Balaban J connectivity index is 2.93. The summed E-state index contributed by atoms with van der Waals surface area (Å²) in [4.78, 5) is 10.5. The lowest BCUT2D eigenvalue weighted by atomic mass is 10.4. The summed E-state index contributed by atoms with van der Waals surface area (Å²) in [5.41, 5.74) is -0.0534. The summed E-state index contributed by atoms with van der Waals surface area (Å²) in [6.45, 7) is 1.75. The van der Waals surface area contributed by atoms with Crippen LogP contribution in [0.3, 0.4) is 0 Å². The van der Waals surface area contributed by atoms with Crippen molar-refractivity contribution >= 4 is 17.6 Å². The zero-order valence-electron chi connectivity index (χ0n) is 6.94. The van der Waals surface area contributed by atoms with E-state index in [-0.39, 0.29) is 17.3 Å². The Kier molecular flexibility index (Phi) is 2.90. The van der Waals surface area contributed by atoms with Crippen LogP contribution in [0.5, 0.6) is 0 Å². The van der Waals surface area contributed by atoms with Crippen LogP contribution < -0.4 is 0 Å². The monoisotopic (exact) mass is 204 g/mol. The Hall–Kier alpha value is -1.07. The maximum atomic E-state index is 10.5. The number of halogens is 1. The molecule has 0 spiro atoms. The second-order valence-corrected chi connectivity index (χ2v) is 3.04. The lowest BCUT2D eigenvalue weighted by Crippen LogP contribution is -2.13. The molecule has 0 radical (unpaired) electrons. The Morgan fingerprint density at radius 3 is 2.85 bits per heavy atom. The largest absolute Gasteiger partial charge is 0.478 e. The fourth-order valence-electron chi connectivity index (χ4n) is 0.891. The summed E-state index contributed by atoms with van der Waals surface area (Å²) in [5, 5.41) is 21.4. The third-order valence-corrected chi connectivity index (χ3v) is 1.84. The average molecular weight is 205 g/mol. The van der Waals surface area contributed by atoms with E-state index < -0.39 is 12.1 Å². The molecule has 1 rings (SSSR count). The van der Waals surface area contributed by atoms with E-state index in [1.54, 1.807) is 6.92 Å². The zero-order chi connectivity index (χ0) is 10.0. The van der Waals surface area contributed by atoms with Crippen molar-refractivity contribution in [3.63, 3.8) is 0 Å². The van der Waals surface area contributed by atoms with E-state index >= 15 is 0 Å². The standard InChI is InChI=1S/C7H9ClN2O3/c1-4(11)3-10-6(8)5(2-9-10)7(12)13/h2,4,11H,3H2,1H3,(H,12,13). The van der Waals surface area contributed by atoms with Crippen molar-refractivity contribution in [1.29, 1.82) is 0 Å². The van der Waals surface area contributed by atoms with Gasteiger partial charge in [0.25, 0.3) is 0 Å². The Bertz CT molecular complexity index is 322. The van der Waals surface area contributed by atoms with Crippen molar-refractivity contribution in [3.8, 4) is 0 Å². The Labute approximate surface area is 79.6 Å². The number of aliphatic hydroxyl groups is 1. The van der Waals surface area contributed by atoms with Crippen LogP contribution in [0.1, 0.15) is 17.3 Å². The average Bonchev–Trinajstić information content (AvgIpc) is 2.32. The number of carboxylic acid groups (broad SMARTS) is 1. The minimum absolute atomic E-state index is 0.0356. The summed E-state index contributed by atoms with van der Waals surface area (Å²) < 4.78 is 1.25. The van der Waals surface area contributed by atoms with Gasteiger partial charge in [0.2, 0.25) is 0 Å². The third kappa shape index (κ3) is 2.19. The molecule has 0 amide bonds. The summed E-state index contributed by atoms with van der Waals surface area (Å²) in [7, 11) is 0. The molecule has 1 aromatic rings. The molecule has 2 N–H and O–H groups in total. The molecule has 1 aromatic heterocycles. The van der Waals surface area contributed by atoms with E-state index in [1.165, 1.54) is 4.68 Å². The van der Waals surface area contributed by atoms with Crippen LogP contribution in [0.2, 0.25) is 5.15 Å². The van der Waals surface area contributed by atoms with E-state index in [2.05, 4.69) is 5.10 Å². The molecule has 0 saturated carbocycles. The first-order valence-electron chi connectivity index (χ1n) is 3.65. The molecule has 0 aromatic carbocycles. The number of nitrogens with zero attached hydrogens (tertiary/aromatic N) is 2. The number of hydrogen-bond donors (Lipinski definition) is 2. The number of rotatable bonds is 3. The molecule has 1 unspecified atom stereocenters. The molecule has 0 bridgehead atoms. The fraction of sp³-hybridized carbons (Fsp3) is 0.429. The molecule has 0 aliphatic rings. The van der Waals surface area contributed by atoms with Gasteiger partial charge in [0.05, 0.1) is 18.8 Å². The lowest BCUT2D eigenvalue weighted by molar-refractivity contribution is 0.0696. The Morgan fingerprint density at radius 2 is 2.46 bits per heavy atom. The molecular weight excluding hydrogens is 196 g/mol. The van der Waals surface area contributed by atoms with Crippen LogP contribution in [0.4, 0.5) is 0 Å². The van der Waals surface area contributed by atoms with Crippen molar-refractivity contribution in [2.75, 3.05) is 0 Å². The predicted molar refractivity (Wildman–Crippen MR) is 45.9 cm³/mol. The zero-order valence-corrected chi connectivity index (χ0v) is 7.69.